The van der Waals surface area contributed by atoms with Crippen LogP contribution in [-0.4, -0.2) is 38.9 Å². The fourth-order valence-electron chi connectivity index (χ4n) is 3.01. The van der Waals surface area contributed by atoms with Gasteiger partial charge in [0.2, 0.25) is 5.91 Å². The summed E-state index contributed by atoms with van der Waals surface area (Å²) in [7, 11) is 1.64. The van der Waals surface area contributed by atoms with Crippen molar-refractivity contribution in [3.63, 3.8) is 0 Å². The maximum atomic E-state index is 12.3. The van der Waals surface area contributed by atoms with Gasteiger partial charge in [-0.2, -0.15) is 0 Å². The molecule has 0 radical (unpaired) electrons. The molecular weight excluding hydrogens is 362 g/mol. The molecule has 0 unspecified atom stereocenters. The number of fused-ring (bicyclic) bond motifs is 1. The number of hydrogen-bond acceptors (Lipinski definition) is 5. The fraction of sp³-hybridized carbons (Fsp3) is 0.300. The molecular formula is C20H21N3O5. The molecule has 0 atom stereocenters. The molecule has 0 spiro atoms. The van der Waals surface area contributed by atoms with E-state index < -0.39 is 5.97 Å². The first-order chi connectivity index (χ1) is 13.3. The van der Waals surface area contributed by atoms with Gasteiger partial charge >= 0.3 is 5.97 Å². The number of furan rings is 1. The number of aryl methyl sites for hydroxylation is 2. The minimum atomic E-state index is -1.06. The van der Waals surface area contributed by atoms with E-state index in [2.05, 4.69) is 9.97 Å². The molecule has 2 aromatic heterocycles. The van der Waals surface area contributed by atoms with Crippen LogP contribution in [0.25, 0.3) is 10.9 Å². The normalized spacial score (nSPS) is 10.9. The topological polar surface area (TPSA) is 117 Å². The van der Waals surface area contributed by atoms with Crippen molar-refractivity contribution in [2.75, 3.05) is 7.05 Å². The summed E-state index contributed by atoms with van der Waals surface area (Å²) in [6.07, 6.45) is 1.28. The van der Waals surface area contributed by atoms with Crippen molar-refractivity contribution in [3.8, 4) is 0 Å². The number of carboxylic acids is 1. The Morgan fingerprint density at radius 1 is 1.29 bits per heavy atom. The van der Waals surface area contributed by atoms with E-state index in [1.165, 1.54) is 11.0 Å². The van der Waals surface area contributed by atoms with E-state index in [1.807, 2.05) is 6.07 Å². The van der Waals surface area contributed by atoms with E-state index in [9.17, 15) is 14.4 Å². The van der Waals surface area contributed by atoms with Crippen LogP contribution < -0.4 is 5.56 Å². The number of nitrogens with zero attached hydrogens (tertiary/aromatic N) is 2. The molecule has 2 N–H and O–H groups in total. The lowest BCUT2D eigenvalue weighted by Gasteiger charge is -2.15. The molecule has 0 aliphatic rings. The monoisotopic (exact) mass is 383 g/mol. The van der Waals surface area contributed by atoms with E-state index in [-0.39, 0.29) is 30.0 Å². The third kappa shape index (κ3) is 4.28. The lowest BCUT2D eigenvalue weighted by Crippen LogP contribution is -2.26. The van der Waals surface area contributed by atoms with Crippen molar-refractivity contribution in [3.05, 3.63) is 63.6 Å². The van der Waals surface area contributed by atoms with E-state index in [4.69, 9.17) is 9.52 Å². The summed E-state index contributed by atoms with van der Waals surface area (Å²) in [6, 6.07) is 8.54. The molecule has 0 aliphatic carbocycles. The Morgan fingerprint density at radius 3 is 2.75 bits per heavy atom. The molecule has 8 nitrogen and oxygen atoms in total. The summed E-state index contributed by atoms with van der Waals surface area (Å²) in [4.78, 5) is 44.1. The molecule has 1 amide bonds. The fourth-order valence-corrected chi connectivity index (χ4v) is 3.01. The van der Waals surface area contributed by atoms with Crippen LogP contribution in [0.5, 0.6) is 0 Å². The smallest absolute Gasteiger partial charge is 0.339 e. The minimum absolute atomic E-state index is 0.0992. The molecule has 0 aliphatic heterocycles. The van der Waals surface area contributed by atoms with Crippen molar-refractivity contribution >= 4 is 22.8 Å². The van der Waals surface area contributed by atoms with Crippen LogP contribution in [0.2, 0.25) is 0 Å². The number of aromatic amines is 1. The first-order valence-corrected chi connectivity index (χ1v) is 8.89. The maximum absolute atomic E-state index is 12.3. The Hall–Kier alpha value is -3.42. The maximum Gasteiger partial charge on any atom is 0.339 e. The van der Waals surface area contributed by atoms with E-state index in [0.29, 0.717) is 41.1 Å². The first kappa shape index (κ1) is 19.3. The summed E-state index contributed by atoms with van der Waals surface area (Å²) in [6.45, 7) is 1.77. The lowest BCUT2D eigenvalue weighted by atomic mass is 10.2. The van der Waals surface area contributed by atoms with E-state index in [0.717, 1.165) is 0 Å². The van der Waals surface area contributed by atoms with Crippen molar-refractivity contribution in [1.82, 2.24) is 14.9 Å². The van der Waals surface area contributed by atoms with Gasteiger partial charge in [-0.15, -0.1) is 0 Å². The second-order valence-electron chi connectivity index (χ2n) is 6.62. The van der Waals surface area contributed by atoms with Gasteiger partial charge in [0, 0.05) is 19.9 Å². The lowest BCUT2D eigenvalue weighted by molar-refractivity contribution is -0.130. The summed E-state index contributed by atoms with van der Waals surface area (Å²) in [5, 5.41) is 9.60. The summed E-state index contributed by atoms with van der Waals surface area (Å²) in [5.74, 6) is 0.125. The molecule has 0 fully saturated rings. The summed E-state index contributed by atoms with van der Waals surface area (Å²) < 4.78 is 5.40. The molecule has 0 bridgehead atoms. The number of hydrogen-bond donors (Lipinski definition) is 2. The number of H-pyrrole nitrogens is 1. The molecule has 1 aromatic carbocycles. The highest BCUT2D eigenvalue weighted by molar-refractivity contribution is 5.88. The van der Waals surface area contributed by atoms with Gasteiger partial charge in [0.15, 0.2) is 0 Å². The zero-order valence-corrected chi connectivity index (χ0v) is 15.7. The van der Waals surface area contributed by atoms with Crippen LogP contribution in [0.3, 0.4) is 0 Å². The van der Waals surface area contributed by atoms with Crippen molar-refractivity contribution in [2.45, 2.75) is 32.7 Å². The number of carbonyl (C=O) groups is 2. The van der Waals surface area contributed by atoms with Gasteiger partial charge < -0.3 is 19.4 Å². The Kier molecular flexibility index (Phi) is 5.58. The SMILES string of the molecule is Cc1oc(CN(C)C(=O)CCCc2nc3ccccc3c(=O)[nH]2)cc1C(=O)O. The van der Waals surface area contributed by atoms with Gasteiger partial charge in [-0.05, 0) is 31.5 Å². The van der Waals surface area contributed by atoms with E-state index >= 15 is 0 Å². The number of carbonyl (C=O) groups excluding carboxylic acids is 1. The number of rotatable bonds is 7. The van der Waals surface area contributed by atoms with Crippen molar-refractivity contribution in [1.29, 1.82) is 0 Å². The molecule has 0 saturated heterocycles. The molecule has 3 rings (SSSR count). The number of nitrogens with one attached hydrogen (secondary N) is 1. The van der Waals surface area contributed by atoms with Gasteiger partial charge in [-0.3, -0.25) is 9.59 Å². The van der Waals surface area contributed by atoms with E-state index in [1.54, 1.807) is 32.2 Å². The number of aromatic carboxylic acids is 1. The van der Waals surface area contributed by atoms with Crippen LogP contribution in [0, 0.1) is 6.92 Å². The minimum Gasteiger partial charge on any atom is -0.478 e. The number of para-hydroxylation sites is 1. The number of benzene rings is 1. The van der Waals surface area contributed by atoms with Crippen LogP contribution in [0.15, 0.2) is 39.5 Å². The average Bonchev–Trinajstić information content (AvgIpc) is 3.02. The number of aromatic nitrogens is 2. The summed E-state index contributed by atoms with van der Waals surface area (Å²) >= 11 is 0. The zero-order chi connectivity index (χ0) is 20.3. The Morgan fingerprint density at radius 2 is 2.04 bits per heavy atom. The highest BCUT2D eigenvalue weighted by Crippen LogP contribution is 2.16. The number of carboxylic acid groups (broad SMARTS) is 1. The third-order valence-corrected chi connectivity index (χ3v) is 4.48. The van der Waals surface area contributed by atoms with Crippen LogP contribution in [-0.2, 0) is 17.8 Å². The highest BCUT2D eigenvalue weighted by atomic mass is 16.4. The van der Waals surface area contributed by atoms with Gasteiger partial charge in [0.1, 0.15) is 22.9 Å². The van der Waals surface area contributed by atoms with Gasteiger partial charge in [-0.25, -0.2) is 9.78 Å². The van der Waals surface area contributed by atoms with Crippen LogP contribution >= 0.6 is 0 Å². The van der Waals surface area contributed by atoms with Crippen molar-refractivity contribution < 1.29 is 19.1 Å². The molecule has 146 valence electrons. The largest absolute Gasteiger partial charge is 0.478 e. The Bertz CT molecular complexity index is 1080. The van der Waals surface area contributed by atoms with Crippen LogP contribution in [0.1, 0.15) is 40.5 Å². The highest BCUT2D eigenvalue weighted by Gasteiger charge is 2.17. The molecule has 3 aromatic rings. The van der Waals surface area contributed by atoms with Gasteiger partial charge in [0.25, 0.3) is 5.56 Å². The van der Waals surface area contributed by atoms with Crippen LogP contribution in [0.4, 0.5) is 0 Å². The van der Waals surface area contributed by atoms with Gasteiger partial charge in [-0.1, -0.05) is 12.1 Å². The second-order valence-corrected chi connectivity index (χ2v) is 6.62. The Balaban J connectivity index is 1.56. The number of amides is 1. The molecule has 28 heavy (non-hydrogen) atoms. The zero-order valence-electron chi connectivity index (χ0n) is 15.7. The molecule has 0 saturated carbocycles. The standard InChI is InChI=1S/C20H21N3O5/c1-12-15(20(26)27)10-13(28-12)11-23(2)18(24)9-5-8-17-21-16-7-4-3-6-14(16)19(25)22-17/h3-4,6-7,10H,5,8-9,11H2,1-2H3,(H,26,27)(H,21,22,25). The molecule has 2 heterocycles. The average molecular weight is 383 g/mol. The first-order valence-electron chi connectivity index (χ1n) is 8.89. The predicted octanol–water partition coefficient (Wildman–Crippen LogP) is 2.50. The Labute approximate surface area is 160 Å². The van der Waals surface area contributed by atoms with Gasteiger partial charge in [0.05, 0.1) is 17.4 Å². The third-order valence-electron chi connectivity index (χ3n) is 4.48. The summed E-state index contributed by atoms with van der Waals surface area (Å²) in [5.41, 5.74) is 0.542. The predicted molar refractivity (Wildman–Crippen MR) is 102 cm³/mol. The quantitative estimate of drug-likeness (QED) is 0.647. The van der Waals surface area contributed by atoms with Crippen molar-refractivity contribution in [2.24, 2.45) is 0 Å². The molecule has 8 heteroatoms. The second kappa shape index (κ2) is 8.08.